The van der Waals surface area contributed by atoms with Gasteiger partial charge in [0, 0.05) is 6.04 Å². The third kappa shape index (κ3) is 4.87. The van der Waals surface area contributed by atoms with Crippen LogP contribution in [0.25, 0.3) is 0 Å². The summed E-state index contributed by atoms with van der Waals surface area (Å²) >= 11 is 0. The minimum atomic E-state index is -0.300. The molecule has 0 radical (unpaired) electrons. The number of carbonyl (C=O) groups is 1. The van der Waals surface area contributed by atoms with Crippen molar-refractivity contribution < 1.29 is 9.53 Å². The van der Waals surface area contributed by atoms with E-state index in [2.05, 4.69) is 12.2 Å². The van der Waals surface area contributed by atoms with E-state index in [0.29, 0.717) is 12.5 Å². The van der Waals surface area contributed by atoms with Crippen molar-refractivity contribution in [1.82, 2.24) is 5.32 Å². The zero-order chi connectivity index (χ0) is 14.2. The molecule has 0 aromatic heterocycles. The van der Waals surface area contributed by atoms with E-state index in [9.17, 15) is 4.79 Å². The topological polar surface area (TPSA) is 38.3 Å². The second-order valence-corrected chi connectivity index (χ2v) is 5.75. The number of hydrogen-bond acceptors (Lipinski definition) is 2. The maximum absolute atomic E-state index is 11.8. The van der Waals surface area contributed by atoms with E-state index in [1.54, 1.807) is 0 Å². The van der Waals surface area contributed by atoms with Crippen molar-refractivity contribution in [2.45, 2.75) is 58.1 Å². The Morgan fingerprint density at radius 1 is 1.20 bits per heavy atom. The molecule has 3 heteroatoms. The number of nitrogens with one attached hydrogen (secondary N) is 1. The number of amides is 1. The van der Waals surface area contributed by atoms with Crippen molar-refractivity contribution in [2.75, 3.05) is 0 Å². The molecule has 0 saturated heterocycles. The van der Waals surface area contributed by atoms with Crippen LogP contribution in [-0.4, -0.2) is 12.1 Å². The molecule has 1 saturated carbocycles. The van der Waals surface area contributed by atoms with Crippen molar-refractivity contribution in [2.24, 2.45) is 5.92 Å². The molecule has 0 heterocycles. The lowest BCUT2D eigenvalue weighted by Gasteiger charge is -2.23. The maximum atomic E-state index is 11.8. The smallest absolute Gasteiger partial charge is 0.407 e. The third-order valence-corrected chi connectivity index (χ3v) is 4.17. The molecule has 3 nitrogen and oxygen atoms in total. The Kier molecular flexibility index (Phi) is 5.90. The quantitative estimate of drug-likeness (QED) is 0.833. The Morgan fingerprint density at radius 3 is 2.50 bits per heavy atom. The summed E-state index contributed by atoms with van der Waals surface area (Å²) in [4.78, 5) is 11.8. The normalized spacial score (nSPS) is 18.1. The van der Waals surface area contributed by atoms with E-state index in [4.69, 9.17) is 4.74 Å². The molecule has 2 rings (SSSR count). The van der Waals surface area contributed by atoms with Crippen molar-refractivity contribution >= 4 is 6.09 Å². The summed E-state index contributed by atoms with van der Waals surface area (Å²) in [6.07, 6.45) is 7.39. The second-order valence-electron chi connectivity index (χ2n) is 5.75. The van der Waals surface area contributed by atoms with Crippen LogP contribution in [0.4, 0.5) is 4.79 Å². The van der Waals surface area contributed by atoms with E-state index >= 15 is 0 Å². The van der Waals surface area contributed by atoms with Crippen LogP contribution in [0.5, 0.6) is 0 Å². The van der Waals surface area contributed by atoms with Gasteiger partial charge in [0.25, 0.3) is 0 Å². The van der Waals surface area contributed by atoms with Crippen LogP contribution in [0, 0.1) is 5.92 Å². The van der Waals surface area contributed by atoms with E-state index in [1.165, 1.54) is 38.5 Å². The van der Waals surface area contributed by atoms with Crippen LogP contribution in [0.3, 0.4) is 0 Å². The van der Waals surface area contributed by atoms with Gasteiger partial charge < -0.3 is 10.1 Å². The highest BCUT2D eigenvalue weighted by molar-refractivity contribution is 5.67. The monoisotopic (exact) mass is 275 g/mol. The molecule has 0 unspecified atom stereocenters. The molecule has 20 heavy (non-hydrogen) atoms. The molecular weight excluding hydrogens is 250 g/mol. The molecule has 1 aliphatic carbocycles. The van der Waals surface area contributed by atoms with Crippen LogP contribution in [0.2, 0.25) is 0 Å². The molecule has 1 fully saturated rings. The predicted octanol–water partition coefficient (Wildman–Crippen LogP) is 4.27. The molecule has 1 aliphatic rings. The summed E-state index contributed by atoms with van der Waals surface area (Å²) in [5.74, 6) is 0.599. The Bertz CT molecular complexity index is 397. The van der Waals surface area contributed by atoms with Gasteiger partial charge in [-0.1, -0.05) is 56.0 Å². The third-order valence-electron chi connectivity index (χ3n) is 4.17. The molecule has 1 aromatic rings. The fourth-order valence-electron chi connectivity index (χ4n) is 2.88. The molecule has 1 N–H and O–H groups in total. The van der Waals surface area contributed by atoms with Crippen LogP contribution in [0.15, 0.2) is 30.3 Å². The summed E-state index contributed by atoms with van der Waals surface area (Å²) in [7, 11) is 0. The average molecular weight is 275 g/mol. The van der Waals surface area contributed by atoms with Gasteiger partial charge in [-0.15, -0.1) is 0 Å². The number of rotatable bonds is 4. The van der Waals surface area contributed by atoms with Gasteiger partial charge in [-0.05, 0) is 31.2 Å². The molecular formula is C17H25NO2. The second kappa shape index (κ2) is 7.93. The van der Waals surface area contributed by atoms with E-state index in [-0.39, 0.29) is 12.1 Å². The van der Waals surface area contributed by atoms with Crippen molar-refractivity contribution in [3.63, 3.8) is 0 Å². The summed E-state index contributed by atoms with van der Waals surface area (Å²) < 4.78 is 5.27. The van der Waals surface area contributed by atoms with Gasteiger partial charge >= 0.3 is 6.09 Å². The van der Waals surface area contributed by atoms with Crippen molar-refractivity contribution in [3.05, 3.63) is 35.9 Å². The van der Waals surface area contributed by atoms with Gasteiger partial charge in [0.1, 0.15) is 6.61 Å². The summed E-state index contributed by atoms with van der Waals surface area (Å²) in [6, 6.07) is 9.98. The fourth-order valence-corrected chi connectivity index (χ4v) is 2.88. The highest BCUT2D eigenvalue weighted by atomic mass is 16.5. The highest BCUT2D eigenvalue weighted by Crippen LogP contribution is 2.25. The number of benzene rings is 1. The number of ether oxygens (including phenoxy) is 1. The first kappa shape index (κ1) is 14.9. The first-order valence-electron chi connectivity index (χ1n) is 7.73. The van der Waals surface area contributed by atoms with Gasteiger partial charge in [0.15, 0.2) is 0 Å². The predicted molar refractivity (Wildman–Crippen MR) is 80.4 cm³/mol. The molecule has 1 atom stereocenters. The minimum absolute atomic E-state index is 0.205. The van der Waals surface area contributed by atoms with Crippen molar-refractivity contribution in [3.8, 4) is 0 Å². The lowest BCUT2D eigenvalue weighted by molar-refractivity contribution is 0.132. The van der Waals surface area contributed by atoms with E-state index in [1.807, 2.05) is 30.3 Å². The lowest BCUT2D eigenvalue weighted by Crippen LogP contribution is -2.38. The van der Waals surface area contributed by atoms with Crippen LogP contribution in [0.1, 0.15) is 51.0 Å². The summed E-state index contributed by atoms with van der Waals surface area (Å²) in [5.41, 5.74) is 1.02. The minimum Gasteiger partial charge on any atom is -0.445 e. The first-order chi connectivity index (χ1) is 9.75. The molecule has 0 bridgehead atoms. The van der Waals surface area contributed by atoms with Crippen LogP contribution in [-0.2, 0) is 11.3 Å². The Balaban J connectivity index is 1.73. The number of hydrogen-bond donors (Lipinski definition) is 1. The first-order valence-corrected chi connectivity index (χ1v) is 7.73. The lowest BCUT2D eigenvalue weighted by atomic mass is 9.93. The number of carbonyl (C=O) groups excluding carboxylic acids is 1. The SMILES string of the molecule is C[C@H](NC(=O)OCc1ccccc1)C1CCCCCC1. The maximum Gasteiger partial charge on any atom is 0.407 e. The molecule has 1 aromatic carbocycles. The Labute approximate surface area is 121 Å². The summed E-state index contributed by atoms with van der Waals surface area (Å²) in [5, 5.41) is 2.99. The van der Waals surface area contributed by atoms with Gasteiger partial charge in [-0.2, -0.15) is 0 Å². The van der Waals surface area contributed by atoms with Crippen LogP contribution >= 0.6 is 0 Å². The highest BCUT2D eigenvalue weighted by Gasteiger charge is 2.20. The fraction of sp³-hybridized carbons (Fsp3) is 0.588. The number of alkyl carbamates (subject to hydrolysis) is 1. The average Bonchev–Trinajstić information content (AvgIpc) is 2.75. The van der Waals surface area contributed by atoms with Gasteiger partial charge in [0.2, 0.25) is 0 Å². The molecule has 0 spiro atoms. The van der Waals surface area contributed by atoms with Gasteiger partial charge in [0.05, 0.1) is 0 Å². The van der Waals surface area contributed by atoms with E-state index < -0.39 is 0 Å². The molecule has 0 aliphatic heterocycles. The van der Waals surface area contributed by atoms with Gasteiger partial charge in [-0.3, -0.25) is 0 Å². The van der Waals surface area contributed by atoms with Gasteiger partial charge in [-0.25, -0.2) is 4.79 Å². The largest absolute Gasteiger partial charge is 0.445 e. The molecule has 1 amide bonds. The zero-order valence-corrected chi connectivity index (χ0v) is 12.3. The van der Waals surface area contributed by atoms with E-state index in [0.717, 1.165) is 5.56 Å². The Morgan fingerprint density at radius 2 is 1.85 bits per heavy atom. The standard InChI is InChI=1S/C17H25NO2/c1-14(16-11-7-2-3-8-12-16)18-17(19)20-13-15-9-5-4-6-10-15/h4-6,9-10,14,16H,2-3,7-8,11-13H2,1H3,(H,18,19)/t14-/m0/s1. The molecule has 110 valence electrons. The zero-order valence-electron chi connectivity index (χ0n) is 12.3. The summed E-state index contributed by atoms with van der Waals surface area (Å²) in [6.45, 7) is 2.43. The van der Waals surface area contributed by atoms with Crippen molar-refractivity contribution in [1.29, 1.82) is 0 Å². The Hall–Kier alpha value is -1.51. The van der Waals surface area contributed by atoms with Crippen LogP contribution < -0.4 is 5.32 Å².